The van der Waals surface area contributed by atoms with Crippen molar-refractivity contribution in [3.63, 3.8) is 0 Å². The highest BCUT2D eigenvalue weighted by Gasteiger charge is 2.20. The van der Waals surface area contributed by atoms with Gasteiger partial charge < -0.3 is 24.9 Å². The van der Waals surface area contributed by atoms with Crippen molar-refractivity contribution < 1.29 is 19.4 Å². The maximum absolute atomic E-state index is 11.9. The van der Waals surface area contributed by atoms with Crippen molar-refractivity contribution in [2.45, 2.75) is 25.6 Å². The molecule has 4 rings (SSSR count). The Hall–Kier alpha value is -3.00. The molecule has 1 aromatic heterocycles. The molecule has 8 heteroatoms. The Bertz CT molecular complexity index is 1310. The molecule has 0 radical (unpaired) electrons. The number of methoxy groups -OCH3 is 1. The Kier molecular flexibility index (Phi) is 7.77. The number of H-pyrrole nitrogens is 1. The minimum absolute atomic E-state index is 0.332. The van der Waals surface area contributed by atoms with E-state index < -0.39 is 12.0 Å². The third-order valence-corrected chi connectivity index (χ3v) is 6.34. The summed E-state index contributed by atoms with van der Waals surface area (Å²) in [7, 11) is 1.57. The van der Waals surface area contributed by atoms with Crippen LogP contribution in [0.1, 0.15) is 16.7 Å². The summed E-state index contributed by atoms with van der Waals surface area (Å²) in [5.74, 6) is 0.217. The van der Waals surface area contributed by atoms with Gasteiger partial charge in [-0.2, -0.15) is 0 Å². The summed E-state index contributed by atoms with van der Waals surface area (Å²) in [6.45, 7) is 0.682. The molecule has 176 valence electrons. The topological polar surface area (TPSA) is 83.6 Å². The minimum Gasteiger partial charge on any atom is -0.493 e. The first-order valence-corrected chi connectivity index (χ1v) is 11.9. The molecule has 4 aromatic rings. The van der Waals surface area contributed by atoms with Crippen LogP contribution in [0.5, 0.6) is 11.5 Å². The van der Waals surface area contributed by atoms with Crippen molar-refractivity contribution in [1.29, 1.82) is 0 Å². The molecule has 0 aliphatic rings. The van der Waals surface area contributed by atoms with Crippen LogP contribution in [-0.4, -0.2) is 29.2 Å². The summed E-state index contributed by atoms with van der Waals surface area (Å²) >= 11 is 9.61. The molecular formula is C26H24BrClN2O4. The number of rotatable bonds is 10. The number of carbonyl (C=O) groups is 1. The molecule has 6 nitrogen and oxygen atoms in total. The van der Waals surface area contributed by atoms with Crippen molar-refractivity contribution in [3.05, 3.63) is 93.0 Å². The molecular weight excluding hydrogens is 520 g/mol. The Morgan fingerprint density at radius 2 is 1.97 bits per heavy atom. The van der Waals surface area contributed by atoms with Crippen LogP contribution in [0, 0.1) is 0 Å². The number of aromatic amines is 1. The first kappa shape index (κ1) is 24.1. The first-order chi connectivity index (χ1) is 16.4. The lowest BCUT2D eigenvalue weighted by Crippen LogP contribution is -2.38. The van der Waals surface area contributed by atoms with E-state index in [1.807, 2.05) is 66.9 Å². The zero-order chi connectivity index (χ0) is 24.1. The number of benzene rings is 3. The highest BCUT2D eigenvalue weighted by molar-refractivity contribution is 9.10. The highest BCUT2D eigenvalue weighted by atomic mass is 79.9. The predicted molar refractivity (Wildman–Crippen MR) is 137 cm³/mol. The van der Waals surface area contributed by atoms with Gasteiger partial charge in [0.25, 0.3) is 0 Å². The van der Waals surface area contributed by atoms with Gasteiger partial charge in [-0.3, -0.25) is 4.79 Å². The molecule has 34 heavy (non-hydrogen) atoms. The molecule has 0 amide bonds. The van der Waals surface area contributed by atoms with Gasteiger partial charge >= 0.3 is 5.97 Å². The Morgan fingerprint density at radius 1 is 1.15 bits per heavy atom. The van der Waals surface area contributed by atoms with Crippen molar-refractivity contribution >= 4 is 44.4 Å². The molecule has 0 fully saturated rings. The molecule has 0 spiro atoms. The number of halogens is 2. The van der Waals surface area contributed by atoms with Crippen molar-refractivity contribution in [1.82, 2.24) is 10.3 Å². The summed E-state index contributed by atoms with van der Waals surface area (Å²) in [6, 6.07) is 18.3. The second kappa shape index (κ2) is 11.0. The van der Waals surface area contributed by atoms with Gasteiger partial charge in [0, 0.05) is 35.1 Å². The number of carboxylic acids is 1. The van der Waals surface area contributed by atoms with E-state index in [0.717, 1.165) is 27.6 Å². The van der Waals surface area contributed by atoms with Gasteiger partial charge in [0.1, 0.15) is 12.6 Å². The van der Waals surface area contributed by atoms with E-state index in [4.69, 9.17) is 21.1 Å². The average molecular weight is 544 g/mol. The summed E-state index contributed by atoms with van der Waals surface area (Å²) in [5.41, 5.74) is 3.75. The smallest absolute Gasteiger partial charge is 0.321 e. The molecule has 0 aliphatic heterocycles. The van der Waals surface area contributed by atoms with Crippen molar-refractivity contribution in [3.8, 4) is 11.5 Å². The van der Waals surface area contributed by atoms with Crippen LogP contribution in [0.4, 0.5) is 0 Å². The number of nitrogens with one attached hydrogen (secondary N) is 2. The van der Waals surface area contributed by atoms with E-state index >= 15 is 0 Å². The van der Waals surface area contributed by atoms with E-state index in [2.05, 4.69) is 26.2 Å². The van der Waals surface area contributed by atoms with Crippen LogP contribution >= 0.6 is 27.5 Å². The molecule has 3 aromatic carbocycles. The molecule has 0 bridgehead atoms. The fourth-order valence-electron chi connectivity index (χ4n) is 3.81. The normalized spacial score (nSPS) is 12.0. The van der Waals surface area contributed by atoms with Crippen LogP contribution in [0.25, 0.3) is 10.9 Å². The number of hydrogen-bond donors (Lipinski definition) is 3. The van der Waals surface area contributed by atoms with Crippen LogP contribution in [0.3, 0.4) is 0 Å². The summed E-state index contributed by atoms with van der Waals surface area (Å²) in [4.78, 5) is 15.1. The standard InChI is InChI=1S/C26H24BrClN2O4/c1-33-24-11-17(10-21(27)25(24)34-15-16-5-4-6-19(28)9-16)13-29-23(26(31)32)12-18-14-30-22-8-3-2-7-20(18)22/h2-11,14,23,29-30H,12-13,15H2,1H3,(H,31,32). The number of para-hydroxylation sites is 1. The van der Waals surface area contributed by atoms with Crippen molar-refractivity contribution in [2.24, 2.45) is 0 Å². The summed E-state index contributed by atoms with van der Waals surface area (Å²) in [6.07, 6.45) is 2.23. The second-order valence-corrected chi connectivity index (χ2v) is 9.15. The molecule has 1 unspecified atom stereocenters. The number of carboxylic acid groups (broad SMARTS) is 1. The molecule has 1 heterocycles. The number of aliphatic carboxylic acids is 1. The van der Waals surface area contributed by atoms with Gasteiger partial charge in [0.2, 0.25) is 0 Å². The van der Waals surface area contributed by atoms with E-state index in [1.54, 1.807) is 7.11 Å². The SMILES string of the molecule is COc1cc(CNC(Cc2c[nH]c3ccccc23)C(=O)O)cc(Br)c1OCc1cccc(Cl)c1. The monoisotopic (exact) mass is 542 g/mol. The lowest BCUT2D eigenvalue weighted by molar-refractivity contribution is -0.139. The van der Waals surface area contributed by atoms with Gasteiger partial charge in [0.15, 0.2) is 11.5 Å². The van der Waals surface area contributed by atoms with Crippen LogP contribution in [-0.2, 0) is 24.4 Å². The number of aromatic nitrogens is 1. The van der Waals surface area contributed by atoms with E-state index in [-0.39, 0.29) is 0 Å². The van der Waals surface area contributed by atoms with Gasteiger partial charge in [0.05, 0.1) is 11.6 Å². The minimum atomic E-state index is -0.905. The lowest BCUT2D eigenvalue weighted by Gasteiger charge is -2.17. The van der Waals surface area contributed by atoms with E-state index in [0.29, 0.717) is 40.6 Å². The van der Waals surface area contributed by atoms with Gasteiger partial charge in [-0.15, -0.1) is 0 Å². The maximum Gasteiger partial charge on any atom is 0.321 e. The Morgan fingerprint density at radius 3 is 2.74 bits per heavy atom. The summed E-state index contributed by atoms with van der Waals surface area (Å²) < 4.78 is 12.2. The third kappa shape index (κ3) is 5.73. The molecule has 1 atom stereocenters. The molecule has 3 N–H and O–H groups in total. The van der Waals surface area contributed by atoms with E-state index in [9.17, 15) is 9.90 Å². The quantitative estimate of drug-likeness (QED) is 0.230. The number of ether oxygens (including phenoxy) is 2. The van der Waals surface area contributed by atoms with E-state index in [1.165, 1.54) is 0 Å². The van der Waals surface area contributed by atoms with Gasteiger partial charge in [-0.05, 0) is 63.0 Å². The van der Waals surface area contributed by atoms with Crippen molar-refractivity contribution in [2.75, 3.05) is 7.11 Å². The van der Waals surface area contributed by atoms with Gasteiger partial charge in [-0.1, -0.05) is 41.9 Å². The Labute approximate surface area is 211 Å². The first-order valence-electron chi connectivity index (χ1n) is 10.7. The number of fused-ring (bicyclic) bond motifs is 1. The van der Waals surface area contributed by atoms with Crippen LogP contribution < -0.4 is 14.8 Å². The molecule has 0 saturated heterocycles. The fraction of sp³-hybridized carbons (Fsp3) is 0.192. The fourth-order valence-corrected chi connectivity index (χ4v) is 4.62. The largest absolute Gasteiger partial charge is 0.493 e. The maximum atomic E-state index is 11.9. The van der Waals surface area contributed by atoms with Crippen LogP contribution in [0.2, 0.25) is 5.02 Å². The lowest BCUT2D eigenvalue weighted by atomic mass is 10.0. The zero-order valence-electron chi connectivity index (χ0n) is 18.5. The Balaban J connectivity index is 1.45. The van der Waals surface area contributed by atoms with Gasteiger partial charge in [-0.25, -0.2) is 0 Å². The second-order valence-electron chi connectivity index (χ2n) is 7.86. The summed E-state index contributed by atoms with van der Waals surface area (Å²) in [5, 5.41) is 14.6. The molecule has 0 saturated carbocycles. The predicted octanol–water partition coefficient (Wildman–Crippen LogP) is 5.96. The average Bonchev–Trinajstić information content (AvgIpc) is 3.23. The number of hydrogen-bond acceptors (Lipinski definition) is 4. The third-order valence-electron chi connectivity index (χ3n) is 5.51. The molecule has 0 aliphatic carbocycles. The highest BCUT2D eigenvalue weighted by Crippen LogP contribution is 2.37. The van der Waals surface area contributed by atoms with Crippen LogP contribution in [0.15, 0.2) is 71.3 Å². The zero-order valence-corrected chi connectivity index (χ0v) is 20.8.